The third-order valence-corrected chi connectivity index (χ3v) is 8.89. The minimum atomic E-state index is 0.271. The molecule has 0 bridgehead atoms. The number of carbonyl (C=O) groups excluding carboxylic acids is 1. The van der Waals surface area contributed by atoms with Gasteiger partial charge in [-0.05, 0) is 85.0 Å². The summed E-state index contributed by atoms with van der Waals surface area (Å²) in [5, 5.41) is 9.73. The molecular weight excluding hydrogens is 282 g/mol. The van der Waals surface area contributed by atoms with Gasteiger partial charge in [-0.15, -0.1) is 0 Å². The van der Waals surface area contributed by atoms with Crippen molar-refractivity contribution in [1.82, 2.24) is 0 Å². The molecule has 1 unspecified atom stereocenters. The van der Waals surface area contributed by atoms with E-state index in [0.29, 0.717) is 17.6 Å². The summed E-state index contributed by atoms with van der Waals surface area (Å²) >= 11 is 0. The molecule has 8 atom stereocenters. The molecule has 4 fully saturated rings. The highest BCUT2D eigenvalue weighted by Crippen LogP contribution is 2.75. The Labute approximate surface area is 139 Å². The summed E-state index contributed by atoms with van der Waals surface area (Å²) < 4.78 is 0. The van der Waals surface area contributed by atoms with Crippen LogP contribution in [0.15, 0.2) is 11.6 Å². The molecule has 0 aliphatic heterocycles. The number of carbonyl (C=O) groups is 1. The van der Waals surface area contributed by atoms with E-state index in [2.05, 4.69) is 19.9 Å². The summed E-state index contributed by atoms with van der Waals surface area (Å²) in [5.74, 6) is 4.57. The van der Waals surface area contributed by atoms with Crippen molar-refractivity contribution in [3.8, 4) is 6.07 Å². The van der Waals surface area contributed by atoms with Crippen LogP contribution in [0.5, 0.6) is 0 Å². The molecule has 0 aromatic carbocycles. The van der Waals surface area contributed by atoms with E-state index in [1.807, 2.05) is 6.08 Å². The van der Waals surface area contributed by atoms with Gasteiger partial charge in [0.25, 0.3) is 0 Å². The molecule has 5 aliphatic rings. The zero-order valence-electron chi connectivity index (χ0n) is 14.3. The van der Waals surface area contributed by atoms with Crippen molar-refractivity contribution >= 4 is 5.78 Å². The van der Waals surface area contributed by atoms with Crippen LogP contribution in [0.25, 0.3) is 0 Å². The Bertz CT molecular complexity index is 657. The van der Waals surface area contributed by atoms with Crippen molar-refractivity contribution in [1.29, 1.82) is 5.26 Å². The Kier molecular flexibility index (Phi) is 2.66. The molecule has 0 saturated heterocycles. The average molecular weight is 309 g/mol. The predicted molar refractivity (Wildman–Crippen MR) is 88.2 cm³/mol. The zero-order valence-corrected chi connectivity index (χ0v) is 14.3. The molecule has 0 aromatic rings. The van der Waals surface area contributed by atoms with Gasteiger partial charge in [-0.3, -0.25) is 4.79 Å². The van der Waals surface area contributed by atoms with E-state index in [-0.39, 0.29) is 10.8 Å². The van der Waals surface area contributed by atoms with Crippen molar-refractivity contribution in [3.63, 3.8) is 0 Å². The van der Waals surface area contributed by atoms with E-state index in [1.165, 1.54) is 31.3 Å². The number of fused-ring (bicyclic) bond motifs is 7. The molecule has 2 heteroatoms. The number of allylic oxidation sites excluding steroid dienone is 1. The fraction of sp³-hybridized carbons (Fsp3) is 0.810. The molecule has 4 saturated carbocycles. The standard InChI is InChI=1S/C21H27NO/c1-20-7-5-13(23)9-12(20)3-4-14-17(20)6-8-21(2)18(11-22)15-10-16(15)19(14)21/h9,14-19H,3-8,10H2,1-2H3/t14-,15-,16+,17+,18?,19-,20+,21-/m1/s1. The number of hydrogen-bond donors (Lipinski definition) is 0. The maximum atomic E-state index is 11.9. The van der Waals surface area contributed by atoms with Gasteiger partial charge in [0.15, 0.2) is 5.78 Å². The first-order chi connectivity index (χ1) is 11.0. The highest BCUT2D eigenvalue weighted by molar-refractivity contribution is 5.91. The minimum Gasteiger partial charge on any atom is -0.295 e. The zero-order chi connectivity index (χ0) is 16.0. The molecule has 0 radical (unpaired) electrons. The van der Waals surface area contributed by atoms with Gasteiger partial charge in [-0.1, -0.05) is 19.4 Å². The fourth-order valence-electron chi connectivity index (χ4n) is 7.77. The Morgan fingerprint density at radius 1 is 1.13 bits per heavy atom. The van der Waals surface area contributed by atoms with Crippen molar-refractivity contribution in [3.05, 3.63) is 11.6 Å². The van der Waals surface area contributed by atoms with E-state index in [4.69, 9.17) is 0 Å². The van der Waals surface area contributed by atoms with E-state index >= 15 is 0 Å². The number of ketones is 1. The normalized spacial score (nSPS) is 56.6. The van der Waals surface area contributed by atoms with Gasteiger partial charge >= 0.3 is 0 Å². The van der Waals surface area contributed by atoms with Crippen molar-refractivity contribution in [2.24, 2.45) is 46.3 Å². The van der Waals surface area contributed by atoms with Crippen LogP contribution in [0.1, 0.15) is 58.8 Å². The maximum Gasteiger partial charge on any atom is 0.155 e. The van der Waals surface area contributed by atoms with Gasteiger partial charge in [0.1, 0.15) is 0 Å². The highest BCUT2D eigenvalue weighted by atomic mass is 16.1. The lowest BCUT2D eigenvalue weighted by molar-refractivity contribution is -0.117. The fourth-order valence-corrected chi connectivity index (χ4v) is 7.77. The van der Waals surface area contributed by atoms with E-state index < -0.39 is 0 Å². The van der Waals surface area contributed by atoms with Crippen molar-refractivity contribution < 1.29 is 4.79 Å². The maximum absolute atomic E-state index is 11.9. The van der Waals surface area contributed by atoms with Crippen LogP contribution >= 0.6 is 0 Å². The first-order valence-electron chi connectivity index (χ1n) is 9.62. The van der Waals surface area contributed by atoms with Crippen molar-refractivity contribution in [2.45, 2.75) is 58.8 Å². The topological polar surface area (TPSA) is 40.9 Å². The third kappa shape index (κ3) is 1.62. The summed E-state index contributed by atoms with van der Waals surface area (Å²) in [5.41, 5.74) is 2.01. The summed E-state index contributed by atoms with van der Waals surface area (Å²) in [6.07, 6.45) is 10.0. The number of rotatable bonds is 0. The number of nitrogens with zero attached hydrogens (tertiary/aromatic N) is 1. The molecule has 5 aliphatic carbocycles. The average Bonchev–Trinajstić information content (AvgIpc) is 3.23. The van der Waals surface area contributed by atoms with Crippen LogP contribution in [0.4, 0.5) is 0 Å². The van der Waals surface area contributed by atoms with E-state index in [0.717, 1.165) is 42.9 Å². The molecule has 0 amide bonds. The molecule has 2 nitrogen and oxygen atoms in total. The molecule has 122 valence electrons. The molecular formula is C21H27NO. The lowest BCUT2D eigenvalue weighted by atomic mass is 9.46. The molecule has 5 rings (SSSR count). The second kappa shape index (κ2) is 4.29. The largest absolute Gasteiger partial charge is 0.295 e. The molecule has 0 heterocycles. The van der Waals surface area contributed by atoms with Crippen molar-refractivity contribution in [2.75, 3.05) is 0 Å². The second-order valence-electron chi connectivity index (χ2n) is 9.60. The molecule has 0 spiro atoms. The molecule has 23 heavy (non-hydrogen) atoms. The Morgan fingerprint density at radius 3 is 2.74 bits per heavy atom. The van der Waals surface area contributed by atoms with Gasteiger partial charge in [0.2, 0.25) is 0 Å². The van der Waals surface area contributed by atoms with E-state index in [1.54, 1.807) is 0 Å². The third-order valence-electron chi connectivity index (χ3n) is 8.89. The van der Waals surface area contributed by atoms with Crippen LogP contribution < -0.4 is 0 Å². The Morgan fingerprint density at radius 2 is 1.96 bits per heavy atom. The Hall–Kier alpha value is -1.10. The Balaban J connectivity index is 1.53. The monoisotopic (exact) mass is 309 g/mol. The SMILES string of the molecule is C[C@]12CCC(=O)C=C1CC[C@H]1[C@@H]3[C@H]4C[C@H]4C(C#N)[C@@]3(C)CC[C@@H]12. The summed E-state index contributed by atoms with van der Waals surface area (Å²) in [6.45, 7) is 4.89. The molecule has 0 aromatic heterocycles. The summed E-state index contributed by atoms with van der Waals surface area (Å²) in [7, 11) is 0. The lowest BCUT2D eigenvalue weighted by Crippen LogP contribution is -2.51. The first kappa shape index (κ1) is 14.3. The summed E-state index contributed by atoms with van der Waals surface area (Å²) in [4.78, 5) is 11.9. The quantitative estimate of drug-likeness (QED) is 0.660. The number of nitriles is 1. The summed E-state index contributed by atoms with van der Waals surface area (Å²) in [6, 6.07) is 2.71. The minimum absolute atomic E-state index is 0.271. The van der Waals surface area contributed by atoms with Gasteiger partial charge in [-0.2, -0.15) is 5.26 Å². The van der Waals surface area contributed by atoms with E-state index in [9.17, 15) is 10.1 Å². The first-order valence-corrected chi connectivity index (χ1v) is 9.62. The van der Waals surface area contributed by atoms with Crippen LogP contribution in [0, 0.1) is 57.7 Å². The van der Waals surface area contributed by atoms with Crippen LogP contribution in [0.2, 0.25) is 0 Å². The lowest BCUT2D eigenvalue weighted by Gasteiger charge is -2.58. The smallest absolute Gasteiger partial charge is 0.155 e. The predicted octanol–water partition coefficient (Wildman–Crippen LogP) is 4.51. The van der Waals surface area contributed by atoms with Crippen LogP contribution in [-0.2, 0) is 4.79 Å². The molecule has 0 N–H and O–H groups in total. The van der Waals surface area contributed by atoms with Gasteiger partial charge < -0.3 is 0 Å². The van der Waals surface area contributed by atoms with Gasteiger partial charge in [0, 0.05) is 6.42 Å². The van der Waals surface area contributed by atoms with Gasteiger partial charge in [-0.25, -0.2) is 0 Å². The highest BCUT2D eigenvalue weighted by Gasteiger charge is 2.70. The van der Waals surface area contributed by atoms with Crippen LogP contribution in [-0.4, -0.2) is 5.78 Å². The number of hydrogen-bond acceptors (Lipinski definition) is 2. The van der Waals surface area contributed by atoms with Crippen LogP contribution in [0.3, 0.4) is 0 Å². The second-order valence-corrected chi connectivity index (χ2v) is 9.60. The van der Waals surface area contributed by atoms with Gasteiger partial charge in [0.05, 0.1) is 12.0 Å².